The third-order valence-corrected chi connectivity index (χ3v) is 8.29. The van der Waals surface area contributed by atoms with Gasteiger partial charge in [0.25, 0.3) is 0 Å². The topological polar surface area (TPSA) is 99.2 Å². The summed E-state index contributed by atoms with van der Waals surface area (Å²) in [5, 5.41) is 15.2. The summed E-state index contributed by atoms with van der Waals surface area (Å²) in [4.78, 5) is 42.3. The number of carbonyl (C=O) groups excluding carboxylic acids is 3. The van der Waals surface area contributed by atoms with Crippen LogP contribution in [0.4, 0.5) is 4.79 Å². The zero-order chi connectivity index (χ0) is 28.5. The number of ether oxygens (including phenoxy) is 1. The van der Waals surface area contributed by atoms with Crippen LogP contribution in [0.1, 0.15) is 79.7 Å². The summed E-state index contributed by atoms with van der Waals surface area (Å²) in [5.41, 5.74) is -1.47. The maximum atomic E-state index is 13.4. The lowest BCUT2D eigenvalue weighted by atomic mass is 9.66. The SMILES string of the molecule is CC(NC(=O)CC1CCCN1C(=O)OC(C)(C)C)[C@@H](C)C(=O)N1CC[C@](O)(c2ccc(Cl)cc2)C(C)(C)C1. The Morgan fingerprint density at radius 2 is 1.79 bits per heavy atom. The molecule has 2 fully saturated rings. The van der Waals surface area contributed by atoms with E-state index in [4.69, 9.17) is 16.3 Å². The monoisotopic (exact) mass is 549 g/mol. The summed E-state index contributed by atoms with van der Waals surface area (Å²) >= 11 is 6.04. The first kappa shape index (κ1) is 30.2. The second kappa shape index (κ2) is 11.4. The maximum absolute atomic E-state index is 13.4. The van der Waals surface area contributed by atoms with Gasteiger partial charge in [-0.2, -0.15) is 0 Å². The molecule has 0 saturated carbocycles. The van der Waals surface area contributed by atoms with Crippen molar-refractivity contribution in [3.05, 3.63) is 34.9 Å². The minimum Gasteiger partial charge on any atom is -0.444 e. The zero-order valence-electron chi connectivity index (χ0n) is 23.8. The van der Waals surface area contributed by atoms with E-state index in [9.17, 15) is 19.5 Å². The van der Waals surface area contributed by atoms with Crippen molar-refractivity contribution < 1.29 is 24.2 Å². The van der Waals surface area contributed by atoms with Crippen LogP contribution in [0.5, 0.6) is 0 Å². The number of likely N-dealkylation sites (tertiary alicyclic amines) is 2. The van der Waals surface area contributed by atoms with Gasteiger partial charge in [-0.05, 0) is 64.7 Å². The number of carbonyl (C=O) groups is 3. The lowest BCUT2D eigenvalue weighted by Crippen LogP contribution is -2.58. The fourth-order valence-corrected chi connectivity index (χ4v) is 5.66. The summed E-state index contributed by atoms with van der Waals surface area (Å²) in [5.74, 6) is -0.684. The molecule has 38 heavy (non-hydrogen) atoms. The van der Waals surface area contributed by atoms with Gasteiger partial charge in [-0.1, -0.05) is 44.5 Å². The van der Waals surface area contributed by atoms with E-state index in [2.05, 4.69) is 5.32 Å². The summed E-state index contributed by atoms with van der Waals surface area (Å²) in [6, 6.07) is 6.63. The highest BCUT2D eigenvalue weighted by atomic mass is 35.5. The maximum Gasteiger partial charge on any atom is 0.410 e. The van der Waals surface area contributed by atoms with Gasteiger partial charge in [-0.15, -0.1) is 0 Å². The Kier molecular flexibility index (Phi) is 9.09. The largest absolute Gasteiger partial charge is 0.444 e. The molecular weight excluding hydrogens is 506 g/mol. The molecule has 1 aromatic carbocycles. The average molecular weight is 550 g/mol. The van der Waals surface area contributed by atoms with Crippen LogP contribution in [-0.4, -0.2) is 70.1 Å². The van der Waals surface area contributed by atoms with Gasteiger partial charge < -0.3 is 25.0 Å². The molecule has 2 aliphatic rings. The van der Waals surface area contributed by atoms with Crippen LogP contribution in [0.3, 0.4) is 0 Å². The normalized spacial score (nSPS) is 25.0. The van der Waals surface area contributed by atoms with E-state index in [-0.39, 0.29) is 30.3 Å². The first-order chi connectivity index (χ1) is 17.5. The van der Waals surface area contributed by atoms with Crippen LogP contribution < -0.4 is 5.32 Å². The third-order valence-electron chi connectivity index (χ3n) is 8.04. The Labute approximate surface area is 232 Å². The number of hydrogen-bond donors (Lipinski definition) is 2. The predicted molar refractivity (Wildman–Crippen MR) is 148 cm³/mol. The zero-order valence-corrected chi connectivity index (χ0v) is 24.6. The molecule has 2 N–H and O–H groups in total. The van der Waals surface area contributed by atoms with Crippen LogP contribution in [0.2, 0.25) is 5.02 Å². The van der Waals surface area contributed by atoms with Gasteiger partial charge in [-0.25, -0.2) is 4.79 Å². The summed E-state index contributed by atoms with van der Waals surface area (Å²) in [6.45, 7) is 14.4. The molecule has 0 aliphatic carbocycles. The van der Waals surface area contributed by atoms with E-state index in [0.717, 1.165) is 18.4 Å². The molecule has 0 aromatic heterocycles. The van der Waals surface area contributed by atoms with Crippen LogP contribution >= 0.6 is 11.6 Å². The third kappa shape index (κ3) is 6.81. The lowest BCUT2D eigenvalue weighted by molar-refractivity contribution is -0.156. The van der Waals surface area contributed by atoms with Crippen molar-refractivity contribution >= 4 is 29.5 Å². The molecule has 9 heteroatoms. The Balaban J connectivity index is 1.57. The molecule has 0 radical (unpaired) electrons. The van der Waals surface area contributed by atoms with Crippen molar-refractivity contribution in [3.63, 3.8) is 0 Å². The fraction of sp³-hybridized carbons (Fsp3) is 0.690. The number of piperidine rings is 1. The van der Waals surface area contributed by atoms with Crippen LogP contribution in [0.15, 0.2) is 24.3 Å². The van der Waals surface area contributed by atoms with Gasteiger partial charge in [0, 0.05) is 48.6 Å². The van der Waals surface area contributed by atoms with Gasteiger partial charge in [0.2, 0.25) is 11.8 Å². The molecular formula is C29H44ClN3O5. The highest BCUT2D eigenvalue weighted by Crippen LogP contribution is 2.46. The minimum atomic E-state index is -1.08. The second-order valence-corrected chi connectivity index (χ2v) is 13.0. The highest BCUT2D eigenvalue weighted by Gasteiger charge is 2.50. The standard InChI is InChI=1S/C29H44ClN3O5/c1-19(20(2)31-24(34)17-23-9-8-15-33(23)26(36)38-27(3,4)5)25(35)32-16-14-29(37,28(6,7)18-32)21-10-12-22(30)13-11-21/h10-13,19-20,23,37H,8-9,14-18H2,1-7H3,(H,31,34)/t19-,20?,23?,29+/m1/s1. The predicted octanol–water partition coefficient (Wildman–Crippen LogP) is 4.72. The average Bonchev–Trinajstić information content (AvgIpc) is 3.27. The summed E-state index contributed by atoms with van der Waals surface area (Å²) in [7, 11) is 0. The Bertz CT molecular complexity index is 1020. The number of nitrogens with zero attached hydrogens (tertiary/aromatic N) is 2. The van der Waals surface area contributed by atoms with Crippen molar-refractivity contribution in [2.24, 2.45) is 11.3 Å². The van der Waals surface area contributed by atoms with Crippen molar-refractivity contribution in [3.8, 4) is 0 Å². The quantitative estimate of drug-likeness (QED) is 0.535. The van der Waals surface area contributed by atoms with E-state index in [1.54, 1.807) is 21.9 Å². The summed E-state index contributed by atoms with van der Waals surface area (Å²) < 4.78 is 5.50. The number of rotatable bonds is 6. The van der Waals surface area contributed by atoms with E-state index < -0.39 is 28.6 Å². The molecule has 4 atom stereocenters. The molecule has 2 saturated heterocycles. The molecule has 0 bridgehead atoms. The van der Waals surface area contributed by atoms with Crippen molar-refractivity contribution in [2.75, 3.05) is 19.6 Å². The van der Waals surface area contributed by atoms with Crippen molar-refractivity contribution in [1.82, 2.24) is 15.1 Å². The Morgan fingerprint density at radius 3 is 2.37 bits per heavy atom. The van der Waals surface area contributed by atoms with Gasteiger partial charge in [-0.3, -0.25) is 9.59 Å². The molecule has 8 nitrogen and oxygen atoms in total. The molecule has 3 amide bonds. The van der Waals surface area contributed by atoms with Gasteiger partial charge in [0.15, 0.2) is 0 Å². The molecule has 2 unspecified atom stereocenters. The van der Waals surface area contributed by atoms with Crippen molar-refractivity contribution in [1.29, 1.82) is 0 Å². The van der Waals surface area contributed by atoms with Gasteiger partial charge in [0.1, 0.15) is 5.60 Å². The number of nitrogens with one attached hydrogen (secondary N) is 1. The molecule has 2 heterocycles. The minimum absolute atomic E-state index is 0.0553. The number of amides is 3. The first-order valence-corrected chi connectivity index (χ1v) is 14.0. The molecule has 1 aromatic rings. The fourth-order valence-electron chi connectivity index (χ4n) is 5.53. The Morgan fingerprint density at radius 1 is 1.16 bits per heavy atom. The molecule has 2 aliphatic heterocycles. The van der Waals surface area contributed by atoms with Crippen molar-refractivity contribution in [2.45, 2.75) is 97.4 Å². The molecule has 212 valence electrons. The summed E-state index contributed by atoms with van der Waals surface area (Å²) in [6.07, 6.45) is 1.76. The van der Waals surface area contributed by atoms with Crippen LogP contribution in [0, 0.1) is 11.3 Å². The second-order valence-electron chi connectivity index (χ2n) is 12.6. The van der Waals surface area contributed by atoms with Crippen LogP contribution in [0.25, 0.3) is 0 Å². The first-order valence-electron chi connectivity index (χ1n) is 13.6. The smallest absolute Gasteiger partial charge is 0.410 e. The van der Waals surface area contributed by atoms with Gasteiger partial charge in [0.05, 0.1) is 11.5 Å². The van der Waals surface area contributed by atoms with E-state index >= 15 is 0 Å². The lowest BCUT2D eigenvalue weighted by Gasteiger charge is -2.51. The van der Waals surface area contributed by atoms with E-state index in [1.807, 2.05) is 60.6 Å². The van der Waals surface area contributed by atoms with Gasteiger partial charge >= 0.3 is 6.09 Å². The molecule has 0 spiro atoms. The number of halogens is 1. The molecule has 3 rings (SSSR count). The van der Waals surface area contributed by atoms with E-state index in [1.165, 1.54) is 0 Å². The number of benzene rings is 1. The number of aliphatic hydroxyl groups is 1. The van der Waals surface area contributed by atoms with E-state index in [0.29, 0.717) is 31.1 Å². The highest BCUT2D eigenvalue weighted by molar-refractivity contribution is 6.30. The Hall–Kier alpha value is -2.32. The van der Waals surface area contributed by atoms with Crippen LogP contribution in [-0.2, 0) is 19.9 Å². The number of hydrogen-bond acceptors (Lipinski definition) is 5.